The maximum atomic E-state index is 11.9. The van der Waals surface area contributed by atoms with Crippen molar-refractivity contribution in [3.63, 3.8) is 0 Å². The number of carbonyl (C=O) groups excluding carboxylic acids is 1. The number of aliphatic hydroxyl groups is 1. The monoisotopic (exact) mass is 279 g/mol. The Kier molecular flexibility index (Phi) is 5.00. The van der Waals surface area contributed by atoms with Gasteiger partial charge in [0.25, 0.3) is 0 Å². The molecular formula is C15H18ClNO2. The van der Waals surface area contributed by atoms with E-state index in [1.165, 1.54) is 0 Å². The Morgan fingerprint density at radius 1 is 1.42 bits per heavy atom. The Morgan fingerprint density at radius 3 is 2.74 bits per heavy atom. The van der Waals surface area contributed by atoms with E-state index in [2.05, 4.69) is 17.5 Å². The van der Waals surface area contributed by atoms with Crippen molar-refractivity contribution in [3.05, 3.63) is 47.0 Å². The van der Waals surface area contributed by atoms with E-state index in [-0.39, 0.29) is 18.6 Å². The van der Waals surface area contributed by atoms with E-state index in [0.29, 0.717) is 17.4 Å². The minimum Gasteiger partial charge on any atom is -0.394 e. The minimum atomic E-state index is -0.366. The van der Waals surface area contributed by atoms with Gasteiger partial charge in [0.05, 0.1) is 12.6 Å². The quantitative estimate of drug-likeness (QED) is 0.814. The minimum absolute atomic E-state index is 0.0226. The second kappa shape index (κ2) is 6.73. The van der Waals surface area contributed by atoms with Gasteiger partial charge in [-0.05, 0) is 36.5 Å². The molecule has 4 heteroatoms. The number of halogens is 1. The molecular weight excluding hydrogens is 262 g/mol. The van der Waals surface area contributed by atoms with Crippen LogP contribution in [0.25, 0.3) is 0 Å². The third-order valence-electron chi connectivity index (χ3n) is 3.35. The van der Waals surface area contributed by atoms with Gasteiger partial charge in [-0.25, -0.2) is 0 Å². The molecule has 2 unspecified atom stereocenters. The predicted molar refractivity (Wildman–Crippen MR) is 75.9 cm³/mol. The van der Waals surface area contributed by atoms with Gasteiger partial charge in [0, 0.05) is 11.4 Å². The molecule has 2 N–H and O–H groups in total. The molecule has 1 amide bonds. The number of benzene rings is 1. The summed E-state index contributed by atoms with van der Waals surface area (Å²) in [5.41, 5.74) is 0.863. The molecule has 0 radical (unpaired) electrons. The zero-order chi connectivity index (χ0) is 13.7. The lowest BCUT2D eigenvalue weighted by atomic mass is 10.0. The molecule has 0 spiro atoms. The number of hydrogen-bond donors (Lipinski definition) is 2. The van der Waals surface area contributed by atoms with E-state index < -0.39 is 0 Å². The van der Waals surface area contributed by atoms with Crippen LogP contribution in [0.2, 0.25) is 5.02 Å². The van der Waals surface area contributed by atoms with Gasteiger partial charge < -0.3 is 10.4 Å². The molecule has 2 atom stereocenters. The van der Waals surface area contributed by atoms with Crippen LogP contribution in [-0.4, -0.2) is 17.6 Å². The van der Waals surface area contributed by atoms with E-state index in [0.717, 1.165) is 18.4 Å². The lowest BCUT2D eigenvalue weighted by molar-refractivity contribution is -0.122. The first-order valence-electron chi connectivity index (χ1n) is 6.51. The van der Waals surface area contributed by atoms with E-state index >= 15 is 0 Å². The molecule has 0 saturated heterocycles. The molecule has 102 valence electrons. The van der Waals surface area contributed by atoms with Gasteiger partial charge in [0.1, 0.15) is 0 Å². The van der Waals surface area contributed by atoms with Gasteiger partial charge in [0.15, 0.2) is 0 Å². The van der Waals surface area contributed by atoms with E-state index in [1.54, 1.807) is 12.1 Å². The average Bonchev–Trinajstić information content (AvgIpc) is 2.90. The predicted octanol–water partition coefficient (Wildman–Crippen LogP) is 2.85. The largest absolute Gasteiger partial charge is 0.394 e. The normalized spacial score (nSPS) is 19.4. The number of aliphatic hydroxyl groups excluding tert-OH is 1. The van der Waals surface area contributed by atoms with E-state index in [9.17, 15) is 9.90 Å². The Bertz CT molecular complexity index is 456. The second-order valence-electron chi connectivity index (χ2n) is 4.82. The summed E-state index contributed by atoms with van der Waals surface area (Å²) < 4.78 is 0. The first kappa shape index (κ1) is 14.1. The van der Waals surface area contributed by atoms with Crippen LogP contribution in [0.4, 0.5) is 0 Å². The van der Waals surface area contributed by atoms with Gasteiger partial charge in [0.2, 0.25) is 5.91 Å². The van der Waals surface area contributed by atoms with Crippen LogP contribution < -0.4 is 5.32 Å². The summed E-state index contributed by atoms with van der Waals surface area (Å²) in [7, 11) is 0. The van der Waals surface area contributed by atoms with Crippen LogP contribution in [-0.2, 0) is 4.79 Å². The maximum Gasteiger partial charge on any atom is 0.221 e. The summed E-state index contributed by atoms with van der Waals surface area (Å²) in [4.78, 5) is 11.9. The van der Waals surface area contributed by atoms with Crippen molar-refractivity contribution in [3.8, 4) is 0 Å². The van der Waals surface area contributed by atoms with Crippen molar-refractivity contribution in [2.45, 2.75) is 25.3 Å². The molecule has 1 aromatic rings. The maximum absolute atomic E-state index is 11.9. The lowest BCUT2D eigenvalue weighted by Gasteiger charge is -2.18. The highest BCUT2D eigenvalue weighted by atomic mass is 35.5. The third-order valence-corrected chi connectivity index (χ3v) is 3.60. The smallest absolute Gasteiger partial charge is 0.221 e. The van der Waals surface area contributed by atoms with Crippen molar-refractivity contribution in [1.82, 2.24) is 5.32 Å². The number of rotatable bonds is 5. The molecule has 3 nitrogen and oxygen atoms in total. The summed E-state index contributed by atoms with van der Waals surface area (Å²) in [6.45, 7) is -0.117. The molecule has 0 fully saturated rings. The number of nitrogens with one attached hydrogen (secondary N) is 1. The fourth-order valence-electron chi connectivity index (χ4n) is 2.29. The van der Waals surface area contributed by atoms with Crippen molar-refractivity contribution in [2.75, 3.05) is 6.61 Å². The molecule has 0 aliphatic heterocycles. The molecule has 19 heavy (non-hydrogen) atoms. The molecule has 1 aliphatic carbocycles. The van der Waals surface area contributed by atoms with Gasteiger partial charge in [-0.1, -0.05) is 35.9 Å². The van der Waals surface area contributed by atoms with Crippen molar-refractivity contribution < 1.29 is 9.90 Å². The zero-order valence-electron chi connectivity index (χ0n) is 10.7. The van der Waals surface area contributed by atoms with E-state index in [1.807, 2.05) is 12.1 Å². The zero-order valence-corrected chi connectivity index (χ0v) is 11.4. The molecule has 1 aliphatic rings. The van der Waals surface area contributed by atoms with Crippen molar-refractivity contribution in [2.24, 2.45) is 5.92 Å². The van der Waals surface area contributed by atoms with Crippen molar-refractivity contribution >= 4 is 17.5 Å². The van der Waals surface area contributed by atoms with Crippen LogP contribution in [0.5, 0.6) is 0 Å². The molecule has 0 saturated carbocycles. The number of carbonyl (C=O) groups is 1. The Labute approximate surface area is 118 Å². The first-order valence-corrected chi connectivity index (χ1v) is 6.89. The number of allylic oxidation sites excluding steroid dienone is 2. The standard InChI is InChI=1S/C15H18ClNO2/c16-13-7-5-12(6-8-13)14(10-18)17-15(19)9-11-3-1-2-4-11/h1,3,5-8,11,14,18H,2,4,9-10H2,(H,17,19). The Balaban J connectivity index is 1.92. The summed E-state index contributed by atoms with van der Waals surface area (Å²) in [6, 6.07) is 6.78. The molecule has 1 aromatic carbocycles. The number of amides is 1. The Morgan fingerprint density at radius 2 is 2.16 bits per heavy atom. The summed E-state index contributed by atoms with van der Waals surface area (Å²) in [6.07, 6.45) is 6.79. The molecule has 2 rings (SSSR count). The summed E-state index contributed by atoms with van der Waals surface area (Å²) >= 11 is 5.82. The van der Waals surface area contributed by atoms with E-state index in [4.69, 9.17) is 11.6 Å². The van der Waals surface area contributed by atoms with Crippen molar-refractivity contribution in [1.29, 1.82) is 0 Å². The SMILES string of the molecule is O=C(CC1C=CCC1)NC(CO)c1ccc(Cl)cc1. The van der Waals surface area contributed by atoms with Gasteiger partial charge in [-0.15, -0.1) is 0 Å². The highest BCUT2D eigenvalue weighted by Gasteiger charge is 2.17. The summed E-state index contributed by atoms with van der Waals surface area (Å²) in [5.74, 6) is 0.315. The fourth-order valence-corrected chi connectivity index (χ4v) is 2.41. The highest BCUT2D eigenvalue weighted by Crippen LogP contribution is 2.21. The molecule has 0 bridgehead atoms. The highest BCUT2D eigenvalue weighted by molar-refractivity contribution is 6.30. The van der Waals surface area contributed by atoms with Crippen LogP contribution in [0.3, 0.4) is 0 Å². The lowest BCUT2D eigenvalue weighted by Crippen LogP contribution is -2.31. The van der Waals surface area contributed by atoms with Crippen LogP contribution in [0.1, 0.15) is 30.9 Å². The second-order valence-corrected chi connectivity index (χ2v) is 5.26. The van der Waals surface area contributed by atoms with Gasteiger partial charge >= 0.3 is 0 Å². The van der Waals surface area contributed by atoms with Crippen LogP contribution >= 0.6 is 11.6 Å². The Hall–Kier alpha value is -1.32. The third kappa shape index (κ3) is 4.08. The molecule has 0 aromatic heterocycles. The average molecular weight is 280 g/mol. The topological polar surface area (TPSA) is 49.3 Å². The van der Waals surface area contributed by atoms with Gasteiger partial charge in [-0.2, -0.15) is 0 Å². The number of hydrogen-bond acceptors (Lipinski definition) is 2. The summed E-state index contributed by atoms with van der Waals surface area (Å²) in [5, 5.41) is 12.9. The molecule has 0 heterocycles. The van der Waals surface area contributed by atoms with Gasteiger partial charge in [-0.3, -0.25) is 4.79 Å². The first-order chi connectivity index (χ1) is 9.19. The van der Waals surface area contributed by atoms with Crippen LogP contribution in [0, 0.1) is 5.92 Å². The van der Waals surface area contributed by atoms with Crippen LogP contribution in [0.15, 0.2) is 36.4 Å². The fraction of sp³-hybridized carbons (Fsp3) is 0.400.